The first-order valence-electron chi connectivity index (χ1n) is 6.44. The fourth-order valence-corrected chi connectivity index (χ4v) is 3.09. The number of Topliss-reactive ketones (excluding diaryl/α,β-unsaturated/α-hetero) is 1. The Labute approximate surface area is 132 Å². The average molecular weight is 345 g/mol. The number of halogens is 3. The summed E-state index contributed by atoms with van der Waals surface area (Å²) in [5.41, 5.74) is -0.255. The van der Waals surface area contributed by atoms with Crippen LogP contribution in [0.5, 0.6) is 17.2 Å². The molecule has 0 fully saturated rings. The van der Waals surface area contributed by atoms with E-state index < -0.39 is 41.2 Å². The maximum Gasteiger partial charge on any atom is 0.426 e. The summed E-state index contributed by atoms with van der Waals surface area (Å²) in [4.78, 5) is 16.5. The van der Waals surface area contributed by atoms with Crippen LogP contribution in [0, 0.1) is 6.92 Å². The molecule has 23 heavy (non-hydrogen) atoms. The van der Waals surface area contributed by atoms with Crippen molar-refractivity contribution >= 4 is 17.1 Å². The van der Waals surface area contributed by atoms with Gasteiger partial charge in [-0.1, -0.05) is 0 Å². The number of thiazole rings is 1. The number of hydrogen-bond donors (Lipinski definition) is 2. The van der Waals surface area contributed by atoms with E-state index in [-0.39, 0.29) is 11.3 Å². The molecule has 0 radical (unpaired) electrons. The summed E-state index contributed by atoms with van der Waals surface area (Å²) >= 11 is 1.12. The zero-order valence-electron chi connectivity index (χ0n) is 11.6. The van der Waals surface area contributed by atoms with Gasteiger partial charge in [0.1, 0.15) is 5.92 Å². The van der Waals surface area contributed by atoms with Crippen molar-refractivity contribution in [1.29, 1.82) is 0 Å². The van der Waals surface area contributed by atoms with E-state index in [0.29, 0.717) is 5.01 Å². The third kappa shape index (κ3) is 2.50. The molecule has 0 bridgehead atoms. The number of aromatic hydroxyl groups is 2. The Balaban J connectivity index is 2.18. The molecule has 3 rings (SSSR count). The Hall–Kier alpha value is -2.29. The predicted octanol–water partition coefficient (Wildman–Crippen LogP) is 3.15. The van der Waals surface area contributed by atoms with E-state index in [4.69, 9.17) is 4.74 Å². The summed E-state index contributed by atoms with van der Waals surface area (Å²) in [6, 6.07) is 2.14. The van der Waals surface area contributed by atoms with E-state index in [9.17, 15) is 28.2 Å². The smallest absolute Gasteiger partial charge is 0.426 e. The van der Waals surface area contributed by atoms with Crippen LogP contribution < -0.4 is 4.74 Å². The molecule has 0 unspecified atom stereocenters. The Morgan fingerprint density at radius 2 is 2.00 bits per heavy atom. The number of benzene rings is 1. The second-order valence-electron chi connectivity index (χ2n) is 5.02. The number of ether oxygens (including phenoxy) is 1. The highest BCUT2D eigenvalue weighted by molar-refractivity contribution is 7.09. The highest BCUT2D eigenvalue weighted by atomic mass is 32.1. The maximum absolute atomic E-state index is 13.3. The number of aryl methyl sites for hydroxylation is 1. The Morgan fingerprint density at radius 1 is 1.30 bits per heavy atom. The van der Waals surface area contributed by atoms with E-state index in [1.807, 2.05) is 0 Å². The number of fused-ring (bicyclic) bond motifs is 1. The van der Waals surface area contributed by atoms with Crippen molar-refractivity contribution in [2.24, 2.45) is 0 Å². The van der Waals surface area contributed by atoms with E-state index in [0.717, 1.165) is 23.5 Å². The second kappa shape index (κ2) is 5.12. The highest BCUT2D eigenvalue weighted by Crippen LogP contribution is 2.48. The Morgan fingerprint density at radius 3 is 2.57 bits per heavy atom. The third-order valence-electron chi connectivity index (χ3n) is 3.48. The van der Waals surface area contributed by atoms with Crippen LogP contribution in [0.4, 0.5) is 13.2 Å². The van der Waals surface area contributed by atoms with E-state index in [1.54, 1.807) is 6.92 Å². The normalized spacial score (nSPS) is 21.0. The number of nitrogens with zero attached hydrogens (tertiary/aromatic N) is 1. The lowest BCUT2D eigenvalue weighted by molar-refractivity contribution is -0.200. The zero-order chi connectivity index (χ0) is 16.9. The molecular weight excluding hydrogens is 335 g/mol. The Bertz CT molecular complexity index is 787. The molecule has 2 aromatic rings. The number of phenols is 2. The molecule has 1 aromatic carbocycles. The SMILES string of the molecule is Cc1nc([C@H]2C(=O)c3ccc(O)c(O)c3O[C@@H]2C(F)(F)F)cs1. The number of hydrogen-bond acceptors (Lipinski definition) is 6. The van der Waals surface area contributed by atoms with Gasteiger partial charge in [0.25, 0.3) is 0 Å². The second-order valence-corrected chi connectivity index (χ2v) is 6.09. The molecule has 0 amide bonds. The predicted molar refractivity (Wildman–Crippen MR) is 74.2 cm³/mol. The van der Waals surface area contributed by atoms with Crippen LogP contribution >= 0.6 is 11.3 Å². The van der Waals surface area contributed by atoms with Crippen molar-refractivity contribution in [2.75, 3.05) is 0 Å². The molecule has 1 aliphatic heterocycles. The topological polar surface area (TPSA) is 79.7 Å². The van der Waals surface area contributed by atoms with Gasteiger partial charge >= 0.3 is 6.18 Å². The van der Waals surface area contributed by atoms with Crippen LogP contribution in [-0.2, 0) is 0 Å². The number of phenolic OH excluding ortho intramolecular Hbond substituents is 2. The number of ketones is 1. The first kappa shape index (κ1) is 15.6. The summed E-state index contributed by atoms with van der Waals surface area (Å²) in [6.07, 6.45) is -7.34. The maximum atomic E-state index is 13.3. The van der Waals surface area contributed by atoms with Crippen LogP contribution in [0.2, 0.25) is 0 Å². The van der Waals surface area contributed by atoms with Gasteiger partial charge in [0.2, 0.25) is 11.9 Å². The molecule has 1 aliphatic rings. The summed E-state index contributed by atoms with van der Waals surface area (Å²) < 4.78 is 44.9. The third-order valence-corrected chi connectivity index (χ3v) is 4.28. The van der Waals surface area contributed by atoms with Gasteiger partial charge < -0.3 is 14.9 Å². The first-order chi connectivity index (χ1) is 10.7. The van der Waals surface area contributed by atoms with Crippen molar-refractivity contribution in [3.05, 3.63) is 33.8 Å². The standard InChI is InChI=1S/C14H10F3NO4S/c1-5-18-7(4-23-5)9-10(20)6-2-3-8(19)11(21)12(6)22-13(9)14(15,16)17/h2-4,9,13,19,21H,1H3/t9-,13-/m0/s1. The number of carbonyl (C=O) groups excluding carboxylic acids is 1. The monoisotopic (exact) mass is 345 g/mol. The van der Waals surface area contributed by atoms with E-state index >= 15 is 0 Å². The zero-order valence-corrected chi connectivity index (χ0v) is 12.4. The van der Waals surface area contributed by atoms with E-state index in [1.165, 1.54) is 5.38 Å². The fourth-order valence-electron chi connectivity index (χ4n) is 2.44. The highest BCUT2D eigenvalue weighted by Gasteiger charge is 2.54. The molecule has 0 saturated carbocycles. The average Bonchev–Trinajstić information content (AvgIpc) is 2.88. The molecule has 2 N–H and O–H groups in total. The number of alkyl halides is 3. The van der Waals surface area contributed by atoms with Crippen LogP contribution in [0.3, 0.4) is 0 Å². The van der Waals surface area contributed by atoms with Gasteiger partial charge in [-0.15, -0.1) is 11.3 Å². The van der Waals surface area contributed by atoms with Gasteiger partial charge in [0.15, 0.2) is 17.3 Å². The molecule has 0 saturated heterocycles. The molecule has 9 heteroatoms. The molecule has 0 aliphatic carbocycles. The van der Waals surface area contributed by atoms with E-state index in [2.05, 4.69) is 4.98 Å². The van der Waals surface area contributed by atoms with Gasteiger partial charge in [-0.3, -0.25) is 4.79 Å². The summed E-state index contributed by atoms with van der Waals surface area (Å²) in [6.45, 7) is 1.61. The summed E-state index contributed by atoms with van der Waals surface area (Å²) in [5.74, 6) is -4.75. The molecule has 0 spiro atoms. The lowest BCUT2D eigenvalue weighted by Gasteiger charge is -2.33. The summed E-state index contributed by atoms with van der Waals surface area (Å²) in [5, 5.41) is 21.0. The lowest BCUT2D eigenvalue weighted by atomic mass is 9.86. The van der Waals surface area contributed by atoms with Gasteiger partial charge in [-0.05, 0) is 19.1 Å². The number of rotatable bonds is 1. The van der Waals surface area contributed by atoms with Crippen LogP contribution in [0.1, 0.15) is 27.0 Å². The lowest BCUT2D eigenvalue weighted by Crippen LogP contribution is -2.46. The first-order valence-corrected chi connectivity index (χ1v) is 7.32. The molecular formula is C14H10F3NO4S. The molecule has 1 aromatic heterocycles. The van der Waals surface area contributed by atoms with Crippen molar-refractivity contribution < 1.29 is 32.9 Å². The van der Waals surface area contributed by atoms with Gasteiger partial charge in [0, 0.05) is 5.38 Å². The van der Waals surface area contributed by atoms with Gasteiger partial charge in [-0.25, -0.2) is 4.98 Å². The van der Waals surface area contributed by atoms with Crippen LogP contribution in [0.15, 0.2) is 17.5 Å². The minimum Gasteiger partial charge on any atom is -0.504 e. The number of carbonyl (C=O) groups is 1. The fraction of sp³-hybridized carbons (Fsp3) is 0.286. The van der Waals surface area contributed by atoms with Crippen molar-refractivity contribution in [3.8, 4) is 17.2 Å². The molecule has 2 heterocycles. The molecule has 122 valence electrons. The molecule has 5 nitrogen and oxygen atoms in total. The summed E-state index contributed by atoms with van der Waals surface area (Å²) in [7, 11) is 0. The minimum atomic E-state index is -4.85. The van der Waals surface area contributed by atoms with Crippen LogP contribution in [-0.4, -0.2) is 33.3 Å². The quantitative estimate of drug-likeness (QED) is 0.776. The number of aromatic nitrogens is 1. The Kier molecular flexibility index (Phi) is 3.47. The largest absolute Gasteiger partial charge is 0.504 e. The van der Waals surface area contributed by atoms with Crippen molar-refractivity contribution in [2.45, 2.75) is 25.1 Å². The van der Waals surface area contributed by atoms with Gasteiger partial charge in [-0.2, -0.15) is 13.2 Å². The molecule has 2 atom stereocenters. The van der Waals surface area contributed by atoms with Crippen molar-refractivity contribution in [3.63, 3.8) is 0 Å². The minimum absolute atomic E-state index is 0.0296. The van der Waals surface area contributed by atoms with Gasteiger partial charge in [0.05, 0.1) is 16.3 Å². The van der Waals surface area contributed by atoms with Crippen molar-refractivity contribution in [1.82, 2.24) is 4.98 Å². The van der Waals surface area contributed by atoms with Crippen LogP contribution in [0.25, 0.3) is 0 Å².